The second kappa shape index (κ2) is 6.17. The Labute approximate surface area is 122 Å². The van der Waals surface area contributed by atoms with Gasteiger partial charge in [-0.1, -0.05) is 18.0 Å². The van der Waals surface area contributed by atoms with Crippen LogP contribution in [0, 0.1) is 5.92 Å². The summed E-state index contributed by atoms with van der Waals surface area (Å²) in [7, 11) is 1.54. The highest BCUT2D eigenvalue weighted by atomic mass is 16.5. The van der Waals surface area contributed by atoms with Crippen LogP contribution in [0.4, 0.5) is 0 Å². The summed E-state index contributed by atoms with van der Waals surface area (Å²) < 4.78 is 10.2. The largest absolute Gasteiger partial charge is 0.480 e. The first kappa shape index (κ1) is 13.9. The lowest BCUT2D eigenvalue weighted by molar-refractivity contribution is 0.341. The molecule has 1 aliphatic carbocycles. The molecule has 1 atom stereocenters. The van der Waals surface area contributed by atoms with E-state index in [2.05, 4.69) is 20.3 Å². The van der Waals surface area contributed by atoms with Crippen molar-refractivity contribution in [2.75, 3.05) is 7.11 Å². The van der Waals surface area contributed by atoms with Gasteiger partial charge in [-0.3, -0.25) is 0 Å². The predicted molar refractivity (Wildman–Crippen MR) is 75.5 cm³/mol. The number of hydrogen-bond acceptors (Lipinski definition) is 7. The molecule has 0 saturated heterocycles. The van der Waals surface area contributed by atoms with Gasteiger partial charge in [0.05, 0.1) is 7.11 Å². The monoisotopic (exact) mass is 289 g/mol. The molecular formula is C14H19N5O2. The van der Waals surface area contributed by atoms with Gasteiger partial charge in [0, 0.05) is 18.5 Å². The quantitative estimate of drug-likeness (QED) is 0.892. The molecule has 0 spiro atoms. The Morgan fingerprint density at radius 2 is 2.14 bits per heavy atom. The summed E-state index contributed by atoms with van der Waals surface area (Å²) >= 11 is 0. The molecule has 21 heavy (non-hydrogen) atoms. The molecule has 1 aliphatic rings. The molecule has 7 nitrogen and oxygen atoms in total. The molecular weight excluding hydrogens is 270 g/mol. The van der Waals surface area contributed by atoms with E-state index in [0.717, 1.165) is 0 Å². The second-order valence-electron chi connectivity index (χ2n) is 5.39. The van der Waals surface area contributed by atoms with E-state index in [1.807, 2.05) is 0 Å². The van der Waals surface area contributed by atoms with Gasteiger partial charge < -0.3 is 15.0 Å². The van der Waals surface area contributed by atoms with E-state index in [0.29, 0.717) is 35.6 Å². The van der Waals surface area contributed by atoms with E-state index >= 15 is 0 Å². The molecule has 0 radical (unpaired) electrons. The molecule has 3 rings (SSSR count). The van der Waals surface area contributed by atoms with Crippen molar-refractivity contribution >= 4 is 0 Å². The molecule has 2 N–H and O–H groups in total. The maximum Gasteiger partial charge on any atom is 0.233 e. The molecule has 2 aromatic rings. The standard InChI is InChI=1S/C14H19N5O2/c1-20-12-7-6-11(17-18-12)14-16-13(21-19-14)8-10(15)9-4-2-3-5-9/h6-7,9-10H,2-5,8,15H2,1H3. The maximum absolute atomic E-state index is 6.22. The first-order valence-corrected chi connectivity index (χ1v) is 7.22. The molecule has 0 aliphatic heterocycles. The number of methoxy groups -OCH3 is 1. The fourth-order valence-electron chi connectivity index (χ4n) is 2.74. The Morgan fingerprint density at radius 1 is 1.33 bits per heavy atom. The zero-order valence-corrected chi connectivity index (χ0v) is 12.0. The third-order valence-corrected chi connectivity index (χ3v) is 3.96. The number of hydrogen-bond donors (Lipinski definition) is 1. The average Bonchev–Trinajstić information content (AvgIpc) is 3.19. The van der Waals surface area contributed by atoms with Crippen molar-refractivity contribution in [1.29, 1.82) is 0 Å². The second-order valence-corrected chi connectivity index (χ2v) is 5.39. The van der Waals surface area contributed by atoms with Gasteiger partial charge in [-0.05, 0) is 24.8 Å². The first-order valence-electron chi connectivity index (χ1n) is 7.22. The summed E-state index contributed by atoms with van der Waals surface area (Å²) in [6.45, 7) is 0. The third kappa shape index (κ3) is 3.18. The predicted octanol–water partition coefficient (Wildman–Crippen LogP) is 1.60. The minimum atomic E-state index is 0.0859. The van der Waals surface area contributed by atoms with E-state index in [1.165, 1.54) is 25.7 Å². The van der Waals surface area contributed by atoms with Crippen LogP contribution in [-0.4, -0.2) is 33.5 Å². The normalized spacial score (nSPS) is 17.0. The molecule has 0 aromatic carbocycles. The highest BCUT2D eigenvalue weighted by Crippen LogP contribution is 2.28. The van der Waals surface area contributed by atoms with Gasteiger partial charge >= 0.3 is 0 Å². The van der Waals surface area contributed by atoms with Crippen LogP contribution in [0.2, 0.25) is 0 Å². The lowest BCUT2D eigenvalue weighted by Crippen LogP contribution is -2.30. The Balaban J connectivity index is 1.67. The van der Waals surface area contributed by atoms with Crippen LogP contribution >= 0.6 is 0 Å². The lowest BCUT2D eigenvalue weighted by atomic mass is 9.96. The van der Waals surface area contributed by atoms with E-state index in [-0.39, 0.29) is 6.04 Å². The summed E-state index contributed by atoms with van der Waals surface area (Å²) in [6.07, 6.45) is 5.56. The third-order valence-electron chi connectivity index (χ3n) is 3.96. The van der Waals surface area contributed by atoms with Gasteiger partial charge in [0.25, 0.3) is 0 Å². The number of ether oxygens (including phenoxy) is 1. The van der Waals surface area contributed by atoms with Gasteiger partial charge in [0.1, 0.15) is 5.69 Å². The fourth-order valence-corrected chi connectivity index (χ4v) is 2.74. The topological polar surface area (TPSA) is 100.0 Å². The summed E-state index contributed by atoms with van der Waals surface area (Å²) in [6, 6.07) is 3.54. The first-order chi connectivity index (χ1) is 10.3. The Hall–Kier alpha value is -2.02. The molecule has 1 unspecified atom stereocenters. The minimum absolute atomic E-state index is 0.0859. The van der Waals surface area contributed by atoms with Crippen LogP contribution in [-0.2, 0) is 6.42 Å². The van der Waals surface area contributed by atoms with Crippen LogP contribution in [0.15, 0.2) is 16.7 Å². The van der Waals surface area contributed by atoms with Crippen molar-refractivity contribution in [2.24, 2.45) is 11.7 Å². The molecule has 112 valence electrons. The number of nitrogens with two attached hydrogens (primary N) is 1. The van der Waals surface area contributed by atoms with Gasteiger partial charge in [0.15, 0.2) is 0 Å². The van der Waals surface area contributed by atoms with Gasteiger partial charge in [-0.25, -0.2) is 0 Å². The SMILES string of the molecule is COc1ccc(-c2noc(CC(N)C3CCCC3)n2)nn1. The fraction of sp³-hybridized carbons (Fsp3) is 0.571. The molecule has 7 heteroatoms. The highest BCUT2D eigenvalue weighted by Gasteiger charge is 2.24. The van der Waals surface area contributed by atoms with Gasteiger partial charge in [-0.2, -0.15) is 4.98 Å². The van der Waals surface area contributed by atoms with Gasteiger partial charge in [0.2, 0.25) is 17.6 Å². The van der Waals surface area contributed by atoms with Crippen molar-refractivity contribution in [2.45, 2.75) is 38.1 Å². The Bertz CT molecular complexity index is 577. The zero-order valence-electron chi connectivity index (χ0n) is 12.0. The molecule has 0 bridgehead atoms. The maximum atomic E-state index is 6.22. The van der Waals surface area contributed by atoms with Crippen LogP contribution in [0.3, 0.4) is 0 Å². The molecule has 2 heterocycles. The summed E-state index contributed by atoms with van der Waals surface area (Å²) in [5.41, 5.74) is 6.78. The van der Waals surface area contributed by atoms with Crippen LogP contribution < -0.4 is 10.5 Å². The molecule has 0 amide bonds. The smallest absolute Gasteiger partial charge is 0.233 e. The number of rotatable bonds is 5. The van der Waals surface area contributed by atoms with Crippen molar-refractivity contribution in [3.8, 4) is 17.4 Å². The van der Waals surface area contributed by atoms with E-state index < -0.39 is 0 Å². The minimum Gasteiger partial charge on any atom is -0.480 e. The average molecular weight is 289 g/mol. The van der Waals surface area contributed by atoms with E-state index in [1.54, 1.807) is 19.2 Å². The van der Waals surface area contributed by atoms with Crippen LogP contribution in [0.5, 0.6) is 5.88 Å². The molecule has 2 aromatic heterocycles. The molecule has 1 saturated carbocycles. The van der Waals surface area contributed by atoms with Crippen molar-refractivity contribution in [3.05, 3.63) is 18.0 Å². The van der Waals surface area contributed by atoms with E-state index in [4.69, 9.17) is 15.0 Å². The Morgan fingerprint density at radius 3 is 2.81 bits per heavy atom. The molecule has 1 fully saturated rings. The van der Waals surface area contributed by atoms with Crippen LogP contribution in [0.1, 0.15) is 31.6 Å². The van der Waals surface area contributed by atoms with Gasteiger partial charge in [-0.15, -0.1) is 10.2 Å². The van der Waals surface area contributed by atoms with E-state index in [9.17, 15) is 0 Å². The van der Waals surface area contributed by atoms with Crippen molar-refractivity contribution < 1.29 is 9.26 Å². The summed E-state index contributed by atoms with van der Waals surface area (Å²) in [5.74, 6) is 2.01. The van der Waals surface area contributed by atoms with Crippen molar-refractivity contribution in [1.82, 2.24) is 20.3 Å². The van der Waals surface area contributed by atoms with Crippen molar-refractivity contribution in [3.63, 3.8) is 0 Å². The van der Waals surface area contributed by atoms with Crippen LogP contribution in [0.25, 0.3) is 11.5 Å². The Kier molecular flexibility index (Phi) is 4.10. The highest BCUT2D eigenvalue weighted by molar-refractivity contribution is 5.47. The lowest BCUT2D eigenvalue weighted by Gasteiger charge is -2.16. The summed E-state index contributed by atoms with van der Waals surface area (Å²) in [5, 5.41) is 11.8. The zero-order chi connectivity index (χ0) is 14.7. The number of aromatic nitrogens is 4. The number of nitrogens with zero attached hydrogens (tertiary/aromatic N) is 4. The summed E-state index contributed by atoms with van der Waals surface area (Å²) in [4.78, 5) is 4.35.